The normalized spacial score (nSPS) is 10.1. The molecule has 2 heterocycles. The van der Waals surface area contributed by atoms with Gasteiger partial charge in [0.05, 0.1) is 7.11 Å². The fraction of sp³-hybridized carbons (Fsp3) is 0.231. The summed E-state index contributed by atoms with van der Waals surface area (Å²) < 4.78 is 5.08. The van der Waals surface area contributed by atoms with E-state index in [1.165, 1.54) is 5.56 Å². The topological polar surface area (TPSA) is 35.0 Å². The van der Waals surface area contributed by atoms with Gasteiger partial charge in [0.2, 0.25) is 5.88 Å². The quantitative estimate of drug-likeness (QED) is 0.783. The molecule has 16 heavy (non-hydrogen) atoms. The predicted octanol–water partition coefficient (Wildman–Crippen LogP) is 2.27. The van der Waals surface area contributed by atoms with Crippen LogP contribution in [0.3, 0.4) is 0 Å². The molecule has 0 N–H and O–H groups in total. The molecule has 2 aromatic rings. The van der Waals surface area contributed by atoms with Crippen molar-refractivity contribution in [3.05, 3.63) is 54.0 Å². The van der Waals surface area contributed by atoms with E-state index in [1.54, 1.807) is 13.3 Å². The SMILES string of the molecule is COc1cc(CCc2ccccn2)ccn1. The van der Waals surface area contributed by atoms with Crippen molar-refractivity contribution in [3.8, 4) is 5.88 Å². The van der Waals surface area contributed by atoms with Crippen LogP contribution < -0.4 is 4.74 Å². The van der Waals surface area contributed by atoms with Crippen molar-refractivity contribution in [2.75, 3.05) is 7.11 Å². The molecule has 0 aromatic carbocycles. The van der Waals surface area contributed by atoms with Crippen molar-refractivity contribution in [1.82, 2.24) is 9.97 Å². The Hall–Kier alpha value is -1.90. The van der Waals surface area contributed by atoms with Gasteiger partial charge in [0.1, 0.15) is 0 Å². The van der Waals surface area contributed by atoms with E-state index in [-0.39, 0.29) is 0 Å². The van der Waals surface area contributed by atoms with E-state index in [0.29, 0.717) is 5.88 Å². The minimum Gasteiger partial charge on any atom is -0.481 e. The van der Waals surface area contributed by atoms with Crippen molar-refractivity contribution in [3.63, 3.8) is 0 Å². The van der Waals surface area contributed by atoms with Crippen LogP contribution in [0.4, 0.5) is 0 Å². The summed E-state index contributed by atoms with van der Waals surface area (Å²) in [6, 6.07) is 9.95. The largest absolute Gasteiger partial charge is 0.481 e. The molecule has 0 aliphatic heterocycles. The number of aromatic nitrogens is 2. The summed E-state index contributed by atoms with van der Waals surface area (Å²) in [6.45, 7) is 0. The molecule has 0 atom stereocenters. The van der Waals surface area contributed by atoms with Crippen LogP contribution in [0, 0.1) is 0 Å². The average Bonchev–Trinajstić information content (AvgIpc) is 2.38. The zero-order valence-electron chi connectivity index (χ0n) is 9.26. The van der Waals surface area contributed by atoms with E-state index in [4.69, 9.17) is 4.74 Å². The molecule has 0 aliphatic carbocycles. The Morgan fingerprint density at radius 2 is 2.00 bits per heavy atom. The summed E-state index contributed by atoms with van der Waals surface area (Å²) in [5.41, 5.74) is 2.33. The maximum absolute atomic E-state index is 5.08. The Labute approximate surface area is 95.1 Å². The molecule has 0 fully saturated rings. The van der Waals surface area contributed by atoms with E-state index in [9.17, 15) is 0 Å². The number of aryl methyl sites for hydroxylation is 2. The first-order chi connectivity index (χ1) is 7.88. The lowest BCUT2D eigenvalue weighted by Crippen LogP contribution is -1.95. The zero-order chi connectivity index (χ0) is 11.2. The smallest absolute Gasteiger partial charge is 0.213 e. The Bertz CT molecular complexity index is 443. The maximum atomic E-state index is 5.08. The molecule has 0 aliphatic rings. The summed E-state index contributed by atoms with van der Waals surface area (Å²) in [5, 5.41) is 0. The van der Waals surface area contributed by atoms with Gasteiger partial charge >= 0.3 is 0 Å². The van der Waals surface area contributed by atoms with Crippen molar-refractivity contribution < 1.29 is 4.74 Å². The predicted molar refractivity (Wildman–Crippen MR) is 62.4 cm³/mol. The molecule has 3 nitrogen and oxygen atoms in total. The van der Waals surface area contributed by atoms with Crippen molar-refractivity contribution in [2.24, 2.45) is 0 Å². The third-order valence-electron chi connectivity index (χ3n) is 2.40. The van der Waals surface area contributed by atoms with Gasteiger partial charge in [-0.25, -0.2) is 4.98 Å². The van der Waals surface area contributed by atoms with Gasteiger partial charge in [-0.05, 0) is 36.6 Å². The fourth-order valence-electron chi connectivity index (χ4n) is 1.54. The molecule has 0 amide bonds. The Balaban J connectivity index is 1.99. The lowest BCUT2D eigenvalue weighted by atomic mass is 10.1. The Morgan fingerprint density at radius 1 is 1.06 bits per heavy atom. The highest BCUT2D eigenvalue weighted by atomic mass is 16.5. The van der Waals surface area contributed by atoms with Crippen LogP contribution in [0.1, 0.15) is 11.3 Å². The minimum absolute atomic E-state index is 0.665. The van der Waals surface area contributed by atoms with E-state index in [0.717, 1.165) is 18.5 Å². The number of hydrogen-bond donors (Lipinski definition) is 0. The summed E-state index contributed by atoms with van der Waals surface area (Å²) in [6.07, 6.45) is 5.49. The summed E-state index contributed by atoms with van der Waals surface area (Å²) in [5.74, 6) is 0.665. The lowest BCUT2D eigenvalue weighted by molar-refractivity contribution is 0.397. The molecule has 2 rings (SSSR count). The molecule has 2 aromatic heterocycles. The van der Waals surface area contributed by atoms with E-state index < -0.39 is 0 Å². The average molecular weight is 214 g/mol. The van der Waals surface area contributed by atoms with Gasteiger partial charge in [-0.3, -0.25) is 4.98 Å². The van der Waals surface area contributed by atoms with Gasteiger partial charge in [0.15, 0.2) is 0 Å². The van der Waals surface area contributed by atoms with Crippen LogP contribution in [0.5, 0.6) is 5.88 Å². The summed E-state index contributed by atoms with van der Waals surface area (Å²) in [4.78, 5) is 8.36. The number of hydrogen-bond acceptors (Lipinski definition) is 3. The van der Waals surface area contributed by atoms with Gasteiger partial charge in [-0.15, -0.1) is 0 Å². The molecule has 0 bridgehead atoms. The van der Waals surface area contributed by atoms with Crippen LogP contribution in [0.2, 0.25) is 0 Å². The maximum Gasteiger partial charge on any atom is 0.213 e. The molecule has 0 unspecified atom stereocenters. The number of rotatable bonds is 4. The molecular formula is C13H14N2O. The van der Waals surface area contributed by atoms with E-state index >= 15 is 0 Å². The van der Waals surface area contributed by atoms with Crippen LogP contribution in [0.25, 0.3) is 0 Å². The summed E-state index contributed by atoms with van der Waals surface area (Å²) in [7, 11) is 1.63. The molecule has 0 saturated carbocycles. The van der Waals surface area contributed by atoms with Gasteiger partial charge in [0, 0.05) is 24.2 Å². The zero-order valence-corrected chi connectivity index (χ0v) is 9.26. The molecule has 82 valence electrons. The Morgan fingerprint density at radius 3 is 2.75 bits per heavy atom. The second-order valence-electron chi connectivity index (χ2n) is 3.53. The van der Waals surface area contributed by atoms with E-state index in [2.05, 4.69) is 9.97 Å². The first-order valence-electron chi connectivity index (χ1n) is 5.27. The third-order valence-corrected chi connectivity index (χ3v) is 2.40. The number of pyridine rings is 2. The molecular weight excluding hydrogens is 200 g/mol. The van der Waals surface area contributed by atoms with Crippen molar-refractivity contribution in [2.45, 2.75) is 12.8 Å². The highest BCUT2D eigenvalue weighted by Gasteiger charge is 1.98. The van der Waals surface area contributed by atoms with Gasteiger partial charge < -0.3 is 4.74 Å². The highest BCUT2D eigenvalue weighted by Crippen LogP contribution is 2.10. The Kier molecular flexibility index (Phi) is 3.49. The van der Waals surface area contributed by atoms with E-state index in [1.807, 2.05) is 36.5 Å². The molecule has 0 radical (unpaired) electrons. The van der Waals surface area contributed by atoms with Crippen LogP contribution in [-0.4, -0.2) is 17.1 Å². The van der Waals surface area contributed by atoms with Crippen LogP contribution >= 0.6 is 0 Å². The summed E-state index contributed by atoms with van der Waals surface area (Å²) >= 11 is 0. The van der Waals surface area contributed by atoms with Gasteiger partial charge in [-0.2, -0.15) is 0 Å². The second kappa shape index (κ2) is 5.26. The first-order valence-corrected chi connectivity index (χ1v) is 5.27. The van der Waals surface area contributed by atoms with Gasteiger partial charge in [-0.1, -0.05) is 6.07 Å². The highest BCUT2D eigenvalue weighted by molar-refractivity contribution is 5.21. The van der Waals surface area contributed by atoms with Crippen molar-refractivity contribution >= 4 is 0 Å². The van der Waals surface area contributed by atoms with Crippen molar-refractivity contribution in [1.29, 1.82) is 0 Å². The fourth-order valence-corrected chi connectivity index (χ4v) is 1.54. The lowest BCUT2D eigenvalue weighted by Gasteiger charge is -2.03. The molecule has 3 heteroatoms. The first kappa shape index (κ1) is 10.6. The number of nitrogens with zero attached hydrogens (tertiary/aromatic N) is 2. The number of methoxy groups -OCH3 is 1. The molecule has 0 saturated heterocycles. The second-order valence-corrected chi connectivity index (χ2v) is 3.53. The van der Waals surface area contributed by atoms with Gasteiger partial charge in [0.25, 0.3) is 0 Å². The molecule has 0 spiro atoms. The van der Waals surface area contributed by atoms with Crippen LogP contribution in [0.15, 0.2) is 42.7 Å². The van der Waals surface area contributed by atoms with Crippen LogP contribution in [-0.2, 0) is 12.8 Å². The third kappa shape index (κ3) is 2.79. The monoisotopic (exact) mass is 214 g/mol. The standard InChI is InChI=1S/C13H14N2O/c1-16-13-10-11(7-9-15-13)5-6-12-4-2-3-8-14-12/h2-4,7-10H,5-6H2,1H3. The number of ether oxygens (including phenoxy) is 1. The minimum atomic E-state index is 0.665.